The van der Waals surface area contributed by atoms with Crippen molar-refractivity contribution in [3.63, 3.8) is 0 Å². The second-order valence-corrected chi connectivity index (χ2v) is 5.53. The van der Waals surface area contributed by atoms with Crippen LogP contribution in [-0.4, -0.2) is 33.9 Å². The summed E-state index contributed by atoms with van der Waals surface area (Å²) >= 11 is 1.41. The van der Waals surface area contributed by atoms with Crippen LogP contribution in [0, 0.1) is 13.8 Å². The Bertz CT molecular complexity index is 453. The van der Waals surface area contributed by atoms with Crippen LogP contribution in [-0.2, 0) is 15.3 Å². The van der Waals surface area contributed by atoms with Crippen molar-refractivity contribution in [2.75, 3.05) is 5.75 Å². The first-order chi connectivity index (χ1) is 9.45. The van der Waals surface area contributed by atoms with Crippen molar-refractivity contribution in [3.8, 4) is 0 Å². The number of aliphatic carboxylic acids is 1. The van der Waals surface area contributed by atoms with E-state index in [-0.39, 0.29) is 11.7 Å². The van der Waals surface area contributed by atoms with E-state index < -0.39 is 12.0 Å². The minimum absolute atomic E-state index is 0.220. The molecule has 1 aromatic heterocycles. The number of carbonyl (C=O) groups is 2. The van der Waals surface area contributed by atoms with Gasteiger partial charge >= 0.3 is 5.97 Å². The fraction of sp³-hybridized carbons (Fsp3) is 0.615. The summed E-state index contributed by atoms with van der Waals surface area (Å²) in [7, 11) is 0. The molecule has 112 valence electrons. The molecule has 1 rings (SSSR count). The zero-order valence-electron chi connectivity index (χ0n) is 11.9. The van der Waals surface area contributed by atoms with E-state index in [4.69, 9.17) is 9.63 Å². The predicted molar refractivity (Wildman–Crippen MR) is 76.6 cm³/mol. The maximum absolute atomic E-state index is 11.7. The lowest BCUT2D eigenvalue weighted by molar-refractivity contribution is -0.141. The van der Waals surface area contributed by atoms with Crippen molar-refractivity contribution in [1.82, 2.24) is 10.5 Å². The number of hydrogen-bond acceptors (Lipinski definition) is 5. The van der Waals surface area contributed by atoms with Crippen LogP contribution in [0.1, 0.15) is 36.8 Å². The first-order valence-corrected chi connectivity index (χ1v) is 7.62. The predicted octanol–water partition coefficient (Wildman–Crippen LogP) is 1.89. The van der Waals surface area contributed by atoms with Crippen molar-refractivity contribution < 1.29 is 19.2 Å². The van der Waals surface area contributed by atoms with E-state index in [9.17, 15) is 9.59 Å². The van der Waals surface area contributed by atoms with E-state index in [1.807, 2.05) is 20.8 Å². The lowest BCUT2D eigenvalue weighted by atomic mass is 10.2. The Labute approximate surface area is 122 Å². The number of amides is 1. The maximum atomic E-state index is 11.7. The molecule has 0 fully saturated rings. The van der Waals surface area contributed by atoms with Gasteiger partial charge in [0.05, 0.1) is 11.4 Å². The number of carboxylic acids is 1. The highest BCUT2D eigenvalue weighted by molar-refractivity contribution is 7.99. The van der Waals surface area contributed by atoms with E-state index in [1.54, 1.807) is 0 Å². The van der Waals surface area contributed by atoms with Gasteiger partial charge in [-0.15, -0.1) is 11.8 Å². The number of nitrogens with zero attached hydrogens (tertiary/aromatic N) is 1. The van der Waals surface area contributed by atoms with Crippen LogP contribution in [0.4, 0.5) is 0 Å². The molecule has 0 unspecified atom stereocenters. The molecule has 0 saturated carbocycles. The maximum Gasteiger partial charge on any atom is 0.326 e. The quantitative estimate of drug-likeness (QED) is 0.761. The summed E-state index contributed by atoms with van der Waals surface area (Å²) in [6.07, 6.45) is 1.15. The summed E-state index contributed by atoms with van der Waals surface area (Å²) in [4.78, 5) is 22.6. The normalized spacial score (nSPS) is 12.2. The Kier molecular flexibility index (Phi) is 6.57. The highest BCUT2D eigenvalue weighted by Gasteiger charge is 2.18. The molecule has 0 spiro atoms. The summed E-state index contributed by atoms with van der Waals surface area (Å²) in [6, 6.07) is -0.799. The number of rotatable bonds is 8. The van der Waals surface area contributed by atoms with Crippen LogP contribution in [0.3, 0.4) is 0 Å². The van der Waals surface area contributed by atoms with Crippen molar-refractivity contribution in [2.24, 2.45) is 0 Å². The largest absolute Gasteiger partial charge is 0.480 e. The number of hydrogen-bond donors (Lipinski definition) is 2. The van der Waals surface area contributed by atoms with Crippen LogP contribution >= 0.6 is 11.8 Å². The third kappa shape index (κ3) is 4.88. The molecule has 6 nitrogen and oxygen atoms in total. The number of carboxylic acid groups (broad SMARTS) is 1. The molecule has 0 aliphatic heterocycles. The minimum atomic E-state index is -0.990. The van der Waals surface area contributed by atoms with E-state index >= 15 is 0 Å². The van der Waals surface area contributed by atoms with Gasteiger partial charge in [-0.3, -0.25) is 4.79 Å². The van der Waals surface area contributed by atoms with Crippen LogP contribution in [0.15, 0.2) is 4.52 Å². The SMILES string of the molecule is CCC[C@@H](NC(=O)CSCc1c(C)noc1C)C(=O)O. The van der Waals surface area contributed by atoms with E-state index in [1.165, 1.54) is 11.8 Å². The standard InChI is InChI=1S/C13H20N2O4S/c1-4-5-11(13(17)18)14-12(16)7-20-6-10-8(2)15-19-9(10)3/h11H,4-7H2,1-3H3,(H,14,16)(H,17,18)/t11-/m1/s1. The minimum Gasteiger partial charge on any atom is -0.480 e. The van der Waals surface area contributed by atoms with Gasteiger partial charge in [-0.25, -0.2) is 4.79 Å². The molecule has 1 atom stereocenters. The summed E-state index contributed by atoms with van der Waals surface area (Å²) in [6.45, 7) is 5.57. The van der Waals surface area contributed by atoms with Crippen LogP contribution in [0.25, 0.3) is 0 Å². The van der Waals surface area contributed by atoms with Gasteiger partial charge in [0.1, 0.15) is 11.8 Å². The average molecular weight is 300 g/mol. The number of aromatic nitrogens is 1. The monoisotopic (exact) mass is 300 g/mol. The first kappa shape index (κ1) is 16.6. The lowest BCUT2D eigenvalue weighted by Crippen LogP contribution is -2.41. The fourth-order valence-corrected chi connectivity index (χ4v) is 2.72. The molecule has 2 N–H and O–H groups in total. The van der Waals surface area contributed by atoms with E-state index in [0.29, 0.717) is 18.6 Å². The summed E-state index contributed by atoms with van der Waals surface area (Å²) in [5.74, 6) is 0.348. The third-order valence-corrected chi connectivity index (χ3v) is 3.83. The van der Waals surface area contributed by atoms with Gasteiger partial charge in [-0.05, 0) is 20.3 Å². The fourth-order valence-electron chi connectivity index (χ4n) is 1.74. The molecule has 0 saturated heterocycles. The van der Waals surface area contributed by atoms with Crippen LogP contribution in [0.5, 0.6) is 0 Å². The molecule has 0 aliphatic rings. The van der Waals surface area contributed by atoms with Crippen molar-refractivity contribution in [1.29, 1.82) is 0 Å². The molecule has 1 heterocycles. The lowest BCUT2D eigenvalue weighted by Gasteiger charge is -2.13. The molecule has 1 aromatic rings. The van der Waals surface area contributed by atoms with E-state index in [0.717, 1.165) is 17.0 Å². The smallest absolute Gasteiger partial charge is 0.326 e. The third-order valence-electron chi connectivity index (χ3n) is 2.87. The Morgan fingerprint density at radius 3 is 2.65 bits per heavy atom. The molecule has 20 heavy (non-hydrogen) atoms. The van der Waals surface area contributed by atoms with Crippen molar-refractivity contribution >= 4 is 23.6 Å². The Morgan fingerprint density at radius 1 is 1.45 bits per heavy atom. The molecule has 0 aliphatic carbocycles. The van der Waals surface area contributed by atoms with Gasteiger partial charge < -0.3 is 14.9 Å². The van der Waals surface area contributed by atoms with Crippen LogP contribution in [0.2, 0.25) is 0 Å². The summed E-state index contributed by atoms with van der Waals surface area (Å²) in [5, 5.41) is 15.3. The van der Waals surface area contributed by atoms with Crippen molar-refractivity contribution in [3.05, 3.63) is 17.0 Å². The first-order valence-electron chi connectivity index (χ1n) is 6.47. The summed E-state index contributed by atoms with van der Waals surface area (Å²) < 4.78 is 5.04. The second kappa shape index (κ2) is 7.94. The number of thioether (sulfide) groups is 1. The topological polar surface area (TPSA) is 92.4 Å². The average Bonchev–Trinajstić information content (AvgIpc) is 2.69. The second-order valence-electron chi connectivity index (χ2n) is 4.54. The van der Waals surface area contributed by atoms with Gasteiger partial charge in [-0.1, -0.05) is 18.5 Å². The highest BCUT2D eigenvalue weighted by Crippen LogP contribution is 2.19. The number of carbonyl (C=O) groups excluding carboxylic acids is 1. The molecular weight excluding hydrogens is 280 g/mol. The van der Waals surface area contributed by atoms with Crippen LogP contribution < -0.4 is 5.32 Å². The van der Waals surface area contributed by atoms with Crippen molar-refractivity contribution in [2.45, 2.75) is 45.4 Å². The Morgan fingerprint density at radius 2 is 2.15 bits per heavy atom. The Hall–Kier alpha value is -1.50. The summed E-state index contributed by atoms with van der Waals surface area (Å²) in [5.41, 5.74) is 1.82. The number of aryl methyl sites for hydroxylation is 2. The molecule has 0 aromatic carbocycles. The zero-order valence-corrected chi connectivity index (χ0v) is 12.7. The zero-order chi connectivity index (χ0) is 15.1. The molecule has 0 bridgehead atoms. The molecule has 1 amide bonds. The molecule has 7 heteroatoms. The molecular formula is C13H20N2O4S. The number of nitrogens with one attached hydrogen (secondary N) is 1. The Balaban J connectivity index is 2.38. The highest BCUT2D eigenvalue weighted by atomic mass is 32.2. The van der Waals surface area contributed by atoms with Gasteiger partial charge in [0.25, 0.3) is 0 Å². The van der Waals surface area contributed by atoms with E-state index in [2.05, 4.69) is 10.5 Å². The van der Waals surface area contributed by atoms with Gasteiger partial charge in [-0.2, -0.15) is 0 Å². The van der Waals surface area contributed by atoms with Gasteiger partial charge in [0.2, 0.25) is 5.91 Å². The molecule has 0 radical (unpaired) electrons. The van der Waals surface area contributed by atoms with Gasteiger partial charge in [0, 0.05) is 11.3 Å². The van der Waals surface area contributed by atoms with Gasteiger partial charge in [0.15, 0.2) is 0 Å².